The molecule has 1 aromatic carbocycles. The van der Waals surface area contributed by atoms with Crippen LogP contribution in [0.15, 0.2) is 18.2 Å². The van der Waals surface area contributed by atoms with Crippen LogP contribution in [0, 0.1) is 0 Å². The number of carbonyl (C=O) groups excluding carboxylic acids is 2. The SMILES string of the molecule is CC(=O)Oc1cc(N(C)C)cc2[nH]c(C(=O)OCCN3CCOCC3)cc12. The van der Waals surface area contributed by atoms with E-state index in [1.54, 1.807) is 12.1 Å². The number of esters is 2. The summed E-state index contributed by atoms with van der Waals surface area (Å²) in [6.07, 6.45) is 0. The van der Waals surface area contributed by atoms with Gasteiger partial charge in [0.1, 0.15) is 18.1 Å². The lowest BCUT2D eigenvalue weighted by atomic mass is 10.2. The second kappa shape index (κ2) is 8.41. The quantitative estimate of drug-likeness (QED) is 0.607. The van der Waals surface area contributed by atoms with Crippen LogP contribution in [-0.2, 0) is 14.3 Å². The number of aromatic amines is 1. The first-order valence-corrected chi connectivity index (χ1v) is 8.94. The molecule has 146 valence electrons. The number of hydrogen-bond acceptors (Lipinski definition) is 7. The van der Waals surface area contributed by atoms with E-state index in [0.717, 1.165) is 18.8 Å². The van der Waals surface area contributed by atoms with Crippen LogP contribution in [-0.4, -0.2) is 75.4 Å². The molecule has 2 heterocycles. The van der Waals surface area contributed by atoms with E-state index < -0.39 is 11.9 Å². The van der Waals surface area contributed by atoms with E-state index in [1.165, 1.54) is 6.92 Å². The summed E-state index contributed by atoms with van der Waals surface area (Å²) < 4.78 is 16.0. The van der Waals surface area contributed by atoms with Gasteiger partial charge in [-0.15, -0.1) is 0 Å². The molecule has 1 aliphatic rings. The smallest absolute Gasteiger partial charge is 0.354 e. The average Bonchev–Trinajstić information content (AvgIpc) is 3.06. The number of nitrogens with zero attached hydrogens (tertiary/aromatic N) is 2. The van der Waals surface area contributed by atoms with Gasteiger partial charge in [-0.3, -0.25) is 9.69 Å². The average molecular weight is 375 g/mol. The fraction of sp³-hybridized carbons (Fsp3) is 0.474. The molecule has 8 nitrogen and oxygen atoms in total. The number of aromatic nitrogens is 1. The molecule has 1 N–H and O–H groups in total. The fourth-order valence-electron chi connectivity index (χ4n) is 2.97. The molecule has 0 spiro atoms. The van der Waals surface area contributed by atoms with Crippen molar-refractivity contribution in [2.75, 3.05) is 58.5 Å². The van der Waals surface area contributed by atoms with Crippen molar-refractivity contribution in [3.05, 3.63) is 23.9 Å². The molecular weight excluding hydrogens is 350 g/mol. The minimum absolute atomic E-state index is 0.313. The molecular formula is C19H25N3O5. The summed E-state index contributed by atoms with van der Waals surface area (Å²) in [5.74, 6) is -0.435. The highest BCUT2D eigenvalue weighted by Crippen LogP contribution is 2.32. The Morgan fingerprint density at radius 3 is 2.63 bits per heavy atom. The van der Waals surface area contributed by atoms with Gasteiger partial charge in [0.15, 0.2) is 0 Å². The van der Waals surface area contributed by atoms with Gasteiger partial charge in [-0.1, -0.05) is 0 Å². The maximum atomic E-state index is 12.4. The number of rotatable bonds is 6. The highest BCUT2D eigenvalue weighted by molar-refractivity contribution is 5.99. The molecule has 1 fully saturated rings. The van der Waals surface area contributed by atoms with Crippen LogP contribution in [0.5, 0.6) is 5.75 Å². The van der Waals surface area contributed by atoms with E-state index in [4.69, 9.17) is 14.2 Å². The van der Waals surface area contributed by atoms with Gasteiger partial charge in [0.05, 0.1) is 18.7 Å². The standard InChI is InChI=1S/C19H25N3O5/c1-13(23)27-18-11-14(21(2)3)10-16-15(18)12-17(20-16)19(24)26-9-6-22-4-7-25-8-5-22/h10-12,20H,4-9H2,1-3H3. The third-order valence-electron chi connectivity index (χ3n) is 4.42. The summed E-state index contributed by atoms with van der Waals surface area (Å²) in [4.78, 5) is 31.0. The Morgan fingerprint density at radius 2 is 1.96 bits per heavy atom. The Hall–Kier alpha value is -2.58. The molecule has 0 radical (unpaired) electrons. The van der Waals surface area contributed by atoms with Gasteiger partial charge in [-0.05, 0) is 12.1 Å². The zero-order valence-electron chi connectivity index (χ0n) is 15.9. The first-order valence-electron chi connectivity index (χ1n) is 8.94. The zero-order valence-corrected chi connectivity index (χ0v) is 15.9. The van der Waals surface area contributed by atoms with Crippen molar-refractivity contribution in [1.29, 1.82) is 0 Å². The van der Waals surface area contributed by atoms with Crippen molar-refractivity contribution < 1.29 is 23.8 Å². The molecule has 0 saturated carbocycles. The number of anilines is 1. The van der Waals surface area contributed by atoms with Crippen LogP contribution >= 0.6 is 0 Å². The van der Waals surface area contributed by atoms with Crippen LogP contribution in [0.25, 0.3) is 10.9 Å². The molecule has 2 aromatic rings. The lowest BCUT2D eigenvalue weighted by molar-refractivity contribution is -0.131. The van der Waals surface area contributed by atoms with E-state index in [2.05, 4.69) is 9.88 Å². The van der Waals surface area contributed by atoms with Crippen molar-refractivity contribution in [1.82, 2.24) is 9.88 Å². The maximum absolute atomic E-state index is 12.4. The van der Waals surface area contributed by atoms with Crippen LogP contribution in [0.3, 0.4) is 0 Å². The van der Waals surface area contributed by atoms with Gasteiger partial charge in [0, 0.05) is 57.8 Å². The molecule has 0 amide bonds. The molecule has 1 aliphatic heterocycles. The molecule has 0 unspecified atom stereocenters. The minimum Gasteiger partial charge on any atom is -0.460 e. The van der Waals surface area contributed by atoms with Gasteiger partial charge in [-0.2, -0.15) is 0 Å². The number of nitrogens with one attached hydrogen (secondary N) is 1. The summed E-state index contributed by atoms with van der Waals surface area (Å²) in [5.41, 5.74) is 1.89. The van der Waals surface area contributed by atoms with E-state index in [-0.39, 0.29) is 0 Å². The number of fused-ring (bicyclic) bond motifs is 1. The van der Waals surface area contributed by atoms with E-state index >= 15 is 0 Å². The second-order valence-corrected chi connectivity index (χ2v) is 6.67. The largest absolute Gasteiger partial charge is 0.460 e. The molecule has 8 heteroatoms. The van der Waals surface area contributed by atoms with E-state index in [9.17, 15) is 9.59 Å². The predicted octanol–water partition coefficient (Wildman–Crippen LogP) is 1.65. The van der Waals surface area contributed by atoms with Crippen LogP contribution in [0.1, 0.15) is 17.4 Å². The van der Waals surface area contributed by atoms with Crippen molar-refractivity contribution in [2.24, 2.45) is 0 Å². The van der Waals surface area contributed by atoms with Crippen molar-refractivity contribution in [3.63, 3.8) is 0 Å². The summed E-state index contributed by atoms with van der Waals surface area (Å²) >= 11 is 0. The molecule has 0 aliphatic carbocycles. The Bertz CT molecular complexity index is 824. The molecule has 1 aromatic heterocycles. The molecule has 3 rings (SSSR count). The second-order valence-electron chi connectivity index (χ2n) is 6.67. The highest BCUT2D eigenvalue weighted by Gasteiger charge is 2.17. The minimum atomic E-state index is -0.431. The van der Waals surface area contributed by atoms with E-state index in [1.807, 2.05) is 25.1 Å². The predicted molar refractivity (Wildman–Crippen MR) is 101 cm³/mol. The maximum Gasteiger partial charge on any atom is 0.354 e. The van der Waals surface area contributed by atoms with Crippen molar-refractivity contribution in [3.8, 4) is 5.75 Å². The molecule has 1 saturated heterocycles. The molecule has 27 heavy (non-hydrogen) atoms. The number of ether oxygens (including phenoxy) is 3. The van der Waals surface area contributed by atoms with Gasteiger partial charge in [0.2, 0.25) is 0 Å². The third kappa shape index (κ3) is 4.78. The van der Waals surface area contributed by atoms with E-state index in [0.29, 0.717) is 48.7 Å². The highest BCUT2D eigenvalue weighted by atomic mass is 16.5. The normalized spacial score (nSPS) is 14.9. The van der Waals surface area contributed by atoms with Crippen molar-refractivity contribution in [2.45, 2.75) is 6.92 Å². The number of hydrogen-bond donors (Lipinski definition) is 1. The Kier molecular flexibility index (Phi) is 5.98. The summed E-state index contributed by atoms with van der Waals surface area (Å²) in [7, 11) is 3.78. The number of benzene rings is 1. The summed E-state index contributed by atoms with van der Waals surface area (Å²) in [6, 6.07) is 5.32. The zero-order chi connectivity index (χ0) is 19.4. The van der Waals surface area contributed by atoms with Gasteiger partial charge in [-0.25, -0.2) is 4.79 Å². The topological polar surface area (TPSA) is 84.1 Å². The van der Waals surface area contributed by atoms with Crippen LogP contribution in [0.4, 0.5) is 5.69 Å². The summed E-state index contributed by atoms with van der Waals surface area (Å²) in [6.45, 7) is 5.46. The van der Waals surface area contributed by atoms with Crippen molar-refractivity contribution >= 4 is 28.5 Å². The number of carbonyl (C=O) groups is 2. The fourth-order valence-corrected chi connectivity index (χ4v) is 2.97. The molecule has 0 atom stereocenters. The Balaban J connectivity index is 1.74. The molecule has 0 bridgehead atoms. The number of morpholine rings is 1. The van der Waals surface area contributed by atoms with Crippen LogP contribution in [0.2, 0.25) is 0 Å². The lowest BCUT2D eigenvalue weighted by Gasteiger charge is -2.26. The Morgan fingerprint density at radius 1 is 1.22 bits per heavy atom. The lowest BCUT2D eigenvalue weighted by Crippen LogP contribution is -2.38. The van der Waals surface area contributed by atoms with Gasteiger partial charge >= 0.3 is 11.9 Å². The third-order valence-corrected chi connectivity index (χ3v) is 4.42. The first kappa shape index (κ1) is 19.2. The van der Waals surface area contributed by atoms with Gasteiger partial charge < -0.3 is 24.1 Å². The number of H-pyrrole nitrogens is 1. The van der Waals surface area contributed by atoms with Crippen LogP contribution < -0.4 is 9.64 Å². The monoisotopic (exact) mass is 375 g/mol. The van der Waals surface area contributed by atoms with Gasteiger partial charge in [0.25, 0.3) is 0 Å². The Labute approximate surface area is 158 Å². The first-order chi connectivity index (χ1) is 12.9. The summed E-state index contributed by atoms with van der Waals surface area (Å²) in [5, 5.41) is 0.663.